The van der Waals surface area contributed by atoms with Crippen LogP contribution in [0.4, 0.5) is 0 Å². The molecule has 1 unspecified atom stereocenters. The zero-order valence-electron chi connectivity index (χ0n) is 10.6. The molecule has 0 saturated carbocycles. The van der Waals surface area contributed by atoms with E-state index in [1.54, 1.807) is 0 Å². The van der Waals surface area contributed by atoms with Crippen LogP contribution in [0.5, 0.6) is 0 Å². The van der Waals surface area contributed by atoms with E-state index in [4.69, 9.17) is 5.73 Å². The van der Waals surface area contributed by atoms with Crippen molar-refractivity contribution in [1.29, 1.82) is 0 Å². The average Bonchev–Trinajstić information content (AvgIpc) is 2.19. The topological polar surface area (TPSA) is 26.0 Å². The number of benzene rings is 1. The van der Waals surface area contributed by atoms with Crippen molar-refractivity contribution in [1.82, 2.24) is 0 Å². The summed E-state index contributed by atoms with van der Waals surface area (Å²) in [5.41, 5.74) is 7.26. The molecule has 0 aliphatic carbocycles. The van der Waals surface area contributed by atoms with E-state index in [2.05, 4.69) is 45.0 Å². The zero-order chi connectivity index (χ0) is 12.0. The highest BCUT2D eigenvalue weighted by atomic mass is 32.2. The largest absolute Gasteiger partial charge is 0.328 e. The summed E-state index contributed by atoms with van der Waals surface area (Å²) in [5, 5.41) is 0. The Morgan fingerprint density at radius 1 is 1.19 bits per heavy atom. The van der Waals surface area contributed by atoms with Crippen LogP contribution in [-0.2, 0) is 6.42 Å². The van der Waals surface area contributed by atoms with Crippen LogP contribution in [0.2, 0.25) is 0 Å². The van der Waals surface area contributed by atoms with Gasteiger partial charge in [-0.1, -0.05) is 32.0 Å². The van der Waals surface area contributed by atoms with Crippen molar-refractivity contribution >= 4 is 11.8 Å². The van der Waals surface area contributed by atoms with Gasteiger partial charge in [-0.3, -0.25) is 0 Å². The van der Waals surface area contributed by atoms with Crippen molar-refractivity contribution in [3.63, 3.8) is 0 Å². The molecule has 2 N–H and O–H groups in total. The first-order chi connectivity index (χ1) is 7.59. The molecule has 1 aromatic rings. The molecule has 16 heavy (non-hydrogen) atoms. The SMILES string of the molecule is CC(C)CCSc1ccccc1CC(C)N. The average molecular weight is 237 g/mol. The van der Waals surface area contributed by atoms with Gasteiger partial charge in [-0.2, -0.15) is 0 Å². The molecular weight excluding hydrogens is 214 g/mol. The summed E-state index contributed by atoms with van der Waals surface area (Å²) >= 11 is 1.96. The first kappa shape index (κ1) is 13.6. The van der Waals surface area contributed by atoms with E-state index in [1.165, 1.54) is 22.6 Å². The van der Waals surface area contributed by atoms with E-state index in [1.807, 2.05) is 11.8 Å². The van der Waals surface area contributed by atoms with Crippen molar-refractivity contribution in [3.8, 4) is 0 Å². The maximum atomic E-state index is 5.86. The smallest absolute Gasteiger partial charge is 0.0105 e. The number of nitrogens with two attached hydrogens (primary N) is 1. The summed E-state index contributed by atoms with van der Waals surface area (Å²) in [4.78, 5) is 1.40. The van der Waals surface area contributed by atoms with Gasteiger partial charge in [0.05, 0.1) is 0 Å². The predicted molar refractivity (Wildman–Crippen MR) is 74.0 cm³/mol. The van der Waals surface area contributed by atoms with Gasteiger partial charge in [0.2, 0.25) is 0 Å². The molecule has 0 heterocycles. The van der Waals surface area contributed by atoms with Crippen molar-refractivity contribution in [2.75, 3.05) is 5.75 Å². The summed E-state index contributed by atoms with van der Waals surface area (Å²) in [6, 6.07) is 8.86. The van der Waals surface area contributed by atoms with E-state index in [-0.39, 0.29) is 6.04 Å². The third-order valence-electron chi connectivity index (χ3n) is 2.47. The van der Waals surface area contributed by atoms with Gasteiger partial charge in [0.25, 0.3) is 0 Å². The second-order valence-corrected chi connectivity index (χ2v) is 5.96. The molecular formula is C14H23NS. The Hall–Kier alpha value is -0.470. The molecule has 0 aliphatic heterocycles. The van der Waals surface area contributed by atoms with E-state index in [0.717, 1.165) is 12.3 Å². The van der Waals surface area contributed by atoms with Gasteiger partial charge in [0.1, 0.15) is 0 Å². The summed E-state index contributed by atoms with van der Waals surface area (Å²) < 4.78 is 0. The van der Waals surface area contributed by atoms with Crippen molar-refractivity contribution in [2.24, 2.45) is 11.7 Å². The maximum Gasteiger partial charge on any atom is 0.0105 e. The molecule has 0 fully saturated rings. The second kappa shape index (κ2) is 6.97. The Morgan fingerprint density at radius 3 is 2.50 bits per heavy atom. The van der Waals surface area contributed by atoms with Crippen molar-refractivity contribution in [3.05, 3.63) is 29.8 Å². The molecule has 1 rings (SSSR count). The van der Waals surface area contributed by atoms with Gasteiger partial charge in [-0.15, -0.1) is 11.8 Å². The molecule has 0 aromatic heterocycles. The standard InChI is InChI=1S/C14H23NS/c1-11(2)8-9-16-14-7-5-4-6-13(14)10-12(3)15/h4-7,11-12H,8-10,15H2,1-3H3. The molecule has 0 bridgehead atoms. The molecule has 0 radical (unpaired) electrons. The van der Waals surface area contributed by atoms with E-state index >= 15 is 0 Å². The van der Waals surface area contributed by atoms with Crippen LogP contribution in [0.1, 0.15) is 32.8 Å². The lowest BCUT2D eigenvalue weighted by molar-refractivity contribution is 0.632. The highest BCUT2D eigenvalue weighted by Gasteiger charge is 2.05. The molecule has 1 atom stereocenters. The zero-order valence-corrected chi connectivity index (χ0v) is 11.4. The summed E-state index contributed by atoms with van der Waals surface area (Å²) in [6.45, 7) is 6.61. The summed E-state index contributed by atoms with van der Waals surface area (Å²) in [7, 11) is 0. The Labute approximate surface area is 104 Å². The molecule has 0 amide bonds. The lowest BCUT2D eigenvalue weighted by Gasteiger charge is -2.11. The highest BCUT2D eigenvalue weighted by molar-refractivity contribution is 7.99. The van der Waals surface area contributed by atoms with Gasteiger partial charge in [-0.05, 0) is 43.1 Å². The van der Waals surface area contributed by atoms with Gasteiger partial charge in [0.15, 0.2) is 0 Å². The molecule has 1 aromatic carbocycles. The fourth-order valence-corrected chi connectivity index (χ4v) is 2.89. The fraction of sp³-hybridized carbons (Fsp3) is 0.571. The number of thioether (sulfide) groups is 1. The predicted octanol–water partition coefficient (Wildman–Crippen LogP) is 3.71. The van der Waals surface area contributed by atoms with Gasteiger partial charge in [-0.25, -0.2) is 0 Å². The molecule has 0 saturated heterocycles. The summed E-state index contributed by atoms with van der Waals surface area (Å²) in [5.74, 6) is 1.99. The Balaban J connectivity index is 2.56. The van der Waals surface area contributed by atoms with E-state index in [0.29, 0.717) is 0 Å². The van der Waals surface area contributed by atoms with Crippen molar-refractivity contribution < 1.29 is 0 Å². The lowest BCUT2D eigenvalue weighted by Crippen LogP contribution is -2.18. The quantitative estimate of drug-likeness (QED) is 0.763. The second-order valence-electron chi connectivity index (χ2n) is 4.82. The number of hydrogen-bond acceptors (Lipinski definition) is 2. The normalized spacial score (nSPS) is 13.1. The minimum Gasteiger partial charge on any atom is -0.328 e. The molecule has 1 nitrogen and oxygen atoms in total. The first-order valence-electron chi connectivity index (χ1n) is 6.06. The van der Waals surface area contributed by atoms with Gasteiger partial charge >= 0.3 is 0 Å². The fourth-order valence-electron chi connectivity index (χ4n) is 1.56. The molecule has 0 spiro atoms. The highest BCUT2D eigenvalue weighted by Crippen LogP contribution is 2.25. The monoisotopic (exact) mass is 237 g/mol. The van der Waals surface area contributed by atoms with Gasteiger partial charge in [0, 0.05) is 10.9 Å². The molecule has 0 aliphatic rings. The van der Waals surface area contributed by atoms with Crippen LogP contribution >= 0.6 is 11.8 Å². The van der Waals surface area contributed by atoms with Crippen LogP contribution < -0.4 is 5.73 Å². The summed E-state index contributed by atoms with van der Waals surface area (Å²) in [6.07, 6.45) is 2.25. The van der Waals surface area contributed by atoms with Crippen LogP contribution in [0.25, 0.3) is 0 Å². The third-order valence-corrected chi connectivity index (χ3v) is 3.62. The Bertz CT molecular complexity index is 307. The Morgan fingerprint density at radius 2 is 1.88 bits per heavy atom. The third kappa shape index (κ3) is 5.04. The Kier molecular flexibility index (Phi) is 5.93. The minimum atomic E-state index is 0.242. The maximum absolute atomic E-state index is 5.86. The van der Waals surface area contributed by atoms with E-state index < -0.39 is 0 Å². The molecule has 90 valence electrons. The molecule has 2 heteroatoms. The van der Waals surface area contributed by atoms with Crippen LogP contribution in [0.3, 0.4) is 0 Å². The van der Waals surface area contributed by atoms with Crippen LogP contribution in [0, 0.1) is 5.92 Å². The van der Waals surface area contributed by atoms with Crippen molar-refractivity contribution in [2.45, 2.75) is 44.6 Å². The number of rotatable bonds is 6. The van der Waals surface area contributed by atoms with Gasteiger partial charge < -0.3 is 5.73 Å². The van der Waals surface area contributed by atoms with Crippen LogP contribution in [-0.4, -0.2) is 11.8 Å². The first-order valence-corrected chi connectivity index (χ1v) is 7.04. The number of hydrogen-bond donors (Lipinski definition) is 1. The van der Waals surface area contributed by atoms with E-state index in [9.17, 15) is 0 Å². The minimum absolute atomic E-state index is 0.242. The lowest BCUT2D eigenvalue weighted by atomic mass is 10.1. The van der Waals surface area contributed by atoms with Crippen LogP contribution in [0.15, 0.2) is 29.2 Å².